The van der Waals surface area contributed by atoms with Crippen molar-refractivity contribution >= 4 is 14.1 Å². The molecule has 1 atom stereocenters. The van der Waals surface area contributed by atoms with Crippen LogP contribution in [0.15, 0.2) is 42.0 Å². The van der Waals surface area contributed by atoms with Gasteiger partial charge in [0.2, 0.25) is 17.4 Å². The van der Waals surface area contributed by atoms with E-state index in [2.05, 4.69) is 45.7 Å². The van der Waals surface area contributed by atoms with Gasteiger partial charge in [-0.3, -0.25) is 4.79 Å². The van der Waals surface area contributed by atoms with E-state index in [1.54, 1.807) is 6.08 Å². The molecule has 1 unspecified atom stereocenters. The van der Waals surface area contributed by atoms with E-state index in [0.29, 0.717) is 5.57 Å². The van der Waals surface area contributed by atoms with E-state index in [1.165, 1.54) is 21.3 Å². The van der Waals surface area contributed by atoms with Crippen LogP contribution in [0, 0.1) is 11.8 Å². The molecule has 5 nitrogen and oxygen atoms in total. The zero-order valence-electron chi connectivity index (χ0n) is 18.0. The van der Waals surface area contributed by atoms with Crippen molar-refractivity contribution in [2.75, 3.05) is 21.3 Å². The van der Waals surface area contributed by atoms with Gasteiger partial charge in [0.1, 0.15) is 0 Å². The molecule has 0 spiro atoms. The summed E-state index contributed by atoms with van der Waals surface area (Å²) in [4.78, 5) is 12.9. The molecule has 2 rings (SSSR count). The van der Waals surface area contributed by atoms with Crippen LogP contribution in [0.3, 0.4) is 0 Å². The third-order valence-electron chi connectivity index (χ3n) is 5.59. The summed E-state index contributed by atoms with van der Waals surface area (Å²) in [6.07, 6.45) is 1.59. The molecule has 152 valence electrons. The van der Waals surface area contributed by atoms with Crippen LogP contribution in [0.2, 0.25) is 18.1 Å². The highest BCUT2D eigenvalue weighted by Crippen LogP contribution is 2.52. The molecule has 0 saturated heterocycles. The number of methoxy groups -OCH3 is 3. The molecule has 1 aromatic carbocycles. The number of rotatable bonds is 6. The Balaban J connectivity index is 2.47. The predicted octanol–water partition coefficient (Wildman–Crippen LogP) is 3.90. The van der Waals surface area contributed by atoms with Crippen molar-refractivity contribution in [3.8, 4) is 11.8 Å². The molecule has 1 aliphatic rings. The molecule has 1 aliphatic carbocycles. The van der Waals surface area contributed by atoms with Gasteiger partial charge in [0.25, 0.3) is 0 Å². The standard InChI is InChI=1S/C22H30O5Si/c1-20(2,3)28(7,8)27-22(26-6)18(16-21(22,24-4)25-5)19(23)15-14-17-12-10-9-11-13-17/h9-13,16H,1-8H3. The first-order valence-electron chi connectivity index (χ1n) is 9.19. The summed E-state index contributed by atoms with van der Waals surface area (Å²) < 4.78 is 23.6. The third-order valence-corrected chi connectivity index (χ3v) is 10.00. The van der Waals surface area contributed by atoms with Crippen LogP contribution in [-0.2, 0) is 23.4 Å². The highest BCUT2D eigenvalue weighted by atomic mass is 28.4. The predicted molar refractivity (Wildman–Crippen MR) is 111 cm³/mol. The van der Waals surface area contributed by atoms with Crippen LogP contribution >= 0.6 is 0 Å². The monoisotopic (exact) mass is 402 g/mol. The van der Waals surface area contributed by atoms with Gasteiger partial charge in [-0.1, -0.05) is 44.9 Å². The lowest BCUT2D eigenvalue weighted by Crippen LogP contribution is -2.70. The molecule has 1 aromatic rings. The highest BCUT2D eigenvalue weighted by molar-refractivity contribution is 6.74. The Bertz CT molecular complexity index is 807. The van der Waals surface area contributed by atoms with Gasteiger partial charge in [0.05, 0.1) is 5.57 Å². The minimum atomic E-state index is -2.35. The van der Waals surface area contributed by atoms with Gasteiger partial charge in [-0.15, -0.1) is 0 Å². The number of Topliss-reactive ketones (excluding diaryl/α,β-unsaturated/α-hetero) is 1. The van der Waals surface area contributed by atoms with Gasteiger partial charge >= 0.3 is 0 Å². The van der Waals surface area contributed by atoms with Gasteiger partial charge in [0.15, 0.2) is 8.32 Å². The van der Waals surface area contributed by atoms with Gasteiger partial charge in [-0.2, -0.15) is 0 Å². The van der Waals surface area contributed by atoms with E-state index < -0.39 is 19.9 Å². The van der Waals surface area contributed by atoms with Crippen LogP contribution in [0.25, 0.3) is 0 Å². The molecule has 0 aliphatic heterocycles. The average molecular weight is 403 g/mol. The first-order chi connectivity index (χ1) is 13.0. The highest BCUT2D eigenvalue weighted by Gasteiger charge is 2.68. The molecule has 0 bridgehead atoms. The lowest BCUT2D eigenvalue weighted by Gasteiger charge is -2.56. The number of benzene rings is 1. The summed E-state index contributed by atoms with van der Waals surface area (Å²) in [7, 11) is 2.14. The van der Waals surface area contributed by atoms with Crippen molar-refractivity contribution in [1.29, 1.82) is 0 Å². The van der Waals surface area contributed by atoms with Crippen molar-refractivity contribution in [3.63, 3.8) is 0 Å². The van der Waals surface area contributed by atoms with Crippen LogP contribution in [0.5, 0.6) is 0 Å². The van der Waals surface area contributed by atoms with Crippen LogP contribution < -0.4 is 0 Å². The molecule has 0 amide bonds. The molecular formula is C22H30O5Si. The van der Waals surface area contributed by atoms with Crippen LogP contribution in [0.1, 0.15) is 26.3 Å². The fourth-order valence-corrected chi connectivity index (χ4v) is 4.19. The minimum Gasteiger partial charge on any atom is -0.382 e. The fraction of sp³-hybridized carbons (Fsp3) is 0.500. The molecular weight excluding hydrogens is 372 g/mol. The van der Waals surface area contributed by atoms with Crippen LogP contribution in [-0.4, -0.2) is 47.0 Å². The van der Waals surface area contributed by atoms with E-state index in [-0.39, 0.29) is 10.8 Å². The number of hydrogen-bond acceptors (Lipinski definition) is 5. The lowest BCUT2D eigenvalue weighted by molar-refractivity contribution is -0.350. The van der Waals surface area contributed by atoms with Crippen molar-refractivity contribution in [3.05, 3.63) is 47.5 Å². The number of hydrogen-bond donors (Lipinski definition) is 0. The van der Waals surface area contributed by atoms with Crippen molar-refractivity contribution < 1.29 is 23.4 Å². The Morgan fingerprint density at radius 2 is 1.57 bits per heavy atom. The normalized spacial score (nSPS) is 21.2. The Kier molecular flexibility index (Phi) is 6.39. The second kappa shape index (κ2) is 7.94. The molecule has 6 heteroatoms. The number of carbonyl (C=O) groups excluding carboxylic acids is 1. The lowest BCUT2D eigenvalue weighted by atomic mass is 9.80. The van der Waals surface area contributed by atoms with E-state index in [0.717, 1.165) is 5.56 Å². The molecule has 0 heterocycles. The summed E-state index contributed by atoms with van der Waals surface area (Å²) in [5.41, 5.74) is 1.06. The van der Waals surface area contributed by atoms with Crippen molar-refractivity contribution in [2.45, 2.75) is 50.5 Å². The Hall–Kier alpha value is -1.75. The molecule has 0 saturated carbocycles. The average Bonchev–Trinajstić information content (AvgIpc) is 2.64. The van der Waals surface area contributed by atoms with Crippen LogP contribution in [0.4, 0.5) is 0 Å². The maximum Gasteiger partial charge on any atom is 0.250 e. The Labute approximate surface area is 169 Å². The van der Waals surface area contributed by atoms with E-state index >= 15 is 0 Å². The van der Waals surface area contributed by atoms with Crippen molar-refractivity contribution in [2.24, 2.45) is 0 Å². The smallest absolute Gasteiger partial charge is 0.250 e. The Morgan fingerprint density at radius 1 is 1.00 bits per heavy atom. The second-order valence-corrected chi connectivity index (χ2v) is 13.0. The second-order valence-electron chi connectivity index (χ2n) is 8.26. The summed E-state index contributed by atoms with van der Waals surface area (Å²) in [5.74, 6) is 2.42. The number of ketones is 1. The van der Waals surface area contributed by atoms with Gasteiger partial charge in [-0.25, -0.2) is 0 Å². The molecule has 0 radical (unpaired) electrons. The zero-order valence-corrected chi connectivity index (χ0v) is 19.0. The van der Waals surface area contributed by atoms with E-state index in [9.17, 15) is 4.79 Å². The number of carbonyl (C=O) groups is 1. The maximum atomic E-state index is 12.9. The zero-order chi connectivity index (χ0) is 21.2. The van der Waals surface area contributed by atoms with Gasteiger partial charge in [0, 0.05) is 26.9 Å². The number of ether oxygens (including phenoxy) is 3. The summed E-state index contributed by atoms with van der Waals surface area (Å²) in [6, 6.07) is 9.34. The van der Waals surface area contributed by atoms with E-state index in [1.807, 2.05) is 30.3 Å². The van der Waals surface area contributed by atoms with E-state index in [4.69, 9.17) is 18.6 Å². The van der Waals surface area contributed by atoms with Crippen molar-refractivity contribution in [1.82, 2.24) is 0 Å². The largest absolute Gasteiger partial charge is 0.382 e. The summed E-state index contributed by atoms with van der Waals surface area (Å²) in [6.45, 7) is 10.5. The molecule has 0 aromatic heterocycles. The molecule has 0 N–H and O–H groups in total. The van der Waals surface area contributed by atoms with Gasteiger partial charge in [-0.05, 0) is 42.3 Å². The summed E-state index contributed by atoms with van der Waals surface area (Å²) >= 11 is 0. The molecule has 0 fully saturated rings. The molecule has 28 heavy (non-hydrogen) atoms. The maximum absolute atomic E-state index is 12.9. The Morgan fingerprint density at radius 3 is 2.04 bits per heavy atom. The fourth-order valence-electron chi connectivity index (χ4n) is 2.83. The quantitative estimate of drug-likeness (QED) is 0.410. The topological polar surface area (TPSA) is 54.0 Å². The SMILES string of the molecule is COC1(OC)C=C(C(=O)C#Cc2ccccc2)C1(OC)O[Si](C)(C)C(C)(C)C. The first-order valence-corrected chi connectivity index (χ1v) is 12.1. The minimum absolute atomic E-state index is 0.106. The summed E-state index contributed by atoms with van der Waals surface area (Å²) in [5, 5.41) is -0.106. The first kappa shape index (κ1) is 22.5. The van der Waals surface area contributed by atoms with Gasteiger partial charge < -0.3 is 18.6 Å². The third kappa shape index (κ3) is 3.73.